The quantitative estimate of drug-likeness (QED) is 0.707. The van der Waals surface area contributed by atoms with Crippen molar-refractivity contribution in [2.24, 2.45) is 0 Å². The fourth-order valence-electron chi connectivity index (χ4n) is 3.36. The van der Waals surface area contributed by atoms with Crippen molar-refractivity contribution in [1.82, 2.24) is 4.90 Å². The molecular formula is C22H31BN2O5. The zero-order chi connectivity index (χ0) is 22.3. The van der Waals surface area contributed by atoms with Gasteiger partial charge in [0.25, 0.3) is 0 Å². The molecule has 1 aromatic carbocycles. The van der Waals surface area contributed by atoms with Crippen LogP contribution in [0, 0.1) is 11.3 Å². The van der Waals surface area contributed by atoms with Gasteiger partial charge < -0.3 is 23.7 Å². The molecule has 7 nitrogen and oxygen atoms in total. The molecule has 1 aromatic rings. The Kier molecular flexibility index (Phi) is 5.83. The van der Waals surface area contributed by atoms with Gasteiger partial charge in [-0.15, -0.1) is 0 Å². The van der Waals surface area contributed by atoms with Crippen LogP contribution in [0.1, 0.15) is 60.5 Å². The standard InChI is InChI=1S/C22H31BN2O5/c1-20(2,3)28-19(26)25-11-10-17(14-25)27-18-9-8-16(12-15(18)13-24)23-29-21(4,5)22(6,7)30-23/h8-9,12,17H,10-11,14H2,1-7H3/t17-/m1/s1. The summed E-state index contributed by atoms with van der Waals surface area (Å²) < 4.78 is 23.6. The molecule has 2 fully saturated rings. The molecule has 1 amide bonds. The van der Waals surface area contributed by atoms with E-state index in [1.54, 1.807) is 17.0 Å². The highest BCUT2D eigenvalue weighted by molar-refractivity contribution is 6.62. The number of benzene rings is 1. The van der Waals surface area contributed by atoms with E-state index in [0.717, 1.165) is 5.46 Å². The van der Waals surface area contributed by atoms with Gasteiger partial charge in [0.05, 0.1) is 23.3 Å². The fraction of sp³-hybridized carbons (Fsp3) is 0.636. The minimum Gasteiger partial charge on any atom is -0.487 e. The number of amides is 1. The maximum Gasteiger partial charge on any atom is 0.494 e. The van der Waals surface area contributed by atoms with Crippen LogP contribution in [0.2, 0.25) is 0 Å². The second-order valence-electron chi connectivity index (χ2n) is 9.91. The number of carbonyl (C=O) groups is 1. The Labute approximate surface area is 179 Å². The SMILES string of the molecule is CC(C)(C)OC(=O)N1CC[C@@H](Oc2ccc(B3OC(C)(C)C(C)(C)O3)cc2C#N)C1. The third-order valence-electron chi connectivity index (χ3n) is 5.74. The second-order valence-corrected chi connectivity index (χ2v) is 9.91. The van der Waals surface area contributed by atoms with Gasteiger partial charge in [0, 0.05) is 13.0 Å². The van der Waals surface area contributed by atoms with Crippen molar-refractivity contribution in [3.8, 4) is 11.8 Å². The monoisotopic (exact) mass is 414 g/mol. The number of carbonyl (C=O) groups excluding carboxylic acids is 1. The maximum absolute atomic E-state index is 12.2. The second kappa shape index (κ2) is 7.79. The van der Waals surface area contributed by atoms with Crippen molar-refractivity contribution in [2.75, 3.05) is 13.1 Å². The van der Waals surface area contributed by atoms with Crippen LogP contribution in [0.5, 0.6) is 5.75 Å². The molecule has 0 unspecified atom stereocenters. The van der Waals surface area contributed by atoms with Crippen molar-refractivity contribution in [3.05, 3.63) is 23.8 Å². The third-order valence-corrected chi connectivity index (χ3v) is 5.74. The van der Waals surface area contributed by atoms with Crippen LogP contribution in [0.25, 0.3) is 0 Å². The van der Waals surface area contributed by atoms with Gasteiger partial charge in [-0.1, -0.05) is 6.07 Å². The first kappa shape index (κ1) is 22.5. The molecule has 0 bridgehead atoms. The van der Waals surface area contributed by atoms with Crippen molar-refractivity contribution >= 4 is 18.7 Å². The summed E-state index contributed by atoms with van der Waals surface area (Å²) in [6, 6.07) is 7.58. The number of rotatable bonds is 3. The summed E-state index contributed by atoms with van der Waals surface area (Å²) in [7, 11) is -0.537. The number of hydrogen-bond donors (Lipinski definition) is 0. The van der Waals surface area contributed by atoms with Crippen molar-refractivity contribution < 1.29 is 23.6 Å². The van der Waals surface area contributed by atoms with Gasteiger partial charge in [-0.3, -0.25) is 0 Å². The van der Waals surface area contributed by atoms with E-state index in [1.165, 1.54) is 0 Å². The summed E-state index contributed by atoms with van der Waals surface area (Å²) >= 11 is 0. The molecule has 1 atom stereocenters. The maximum atomic E-state index is 12.2. The predicted octanol–water partition coefficient (Wildman–Crippen LogP) is 3.25. The van der Waals surface area contributed by atoms with Gasteiger partial charge in [-0.2, -0.15) is 5.26 Å². The molecule has 0 aromatic heterocycles. The Morgan fingerprint density at radius 3 is 2.43 bits per heavy atom. The molecule has 30 heavy (non-hydrogen) atoms. The summed E-state index contributed by atoms with van der Waals surface area (Å²) in [4.78, 5) is 13.9. The topological polar surface area (TPSA) is 81.0 Å². The fourth-order valence-corrected chi connectivity index (χ4v) is 3.36. The molecule has 0 radical (unpaired) electrons. The van der Waals surface area contributed by atoms with Crippen LogP contribution in [0.4, 0.5) is 4.79 Å². The first-order valence-electron chi connectivity index (χ1n) is 10.4. The van der Waals surface area contributed by atoms with E-state index < -0.39 is 23.9 Å². The normalized spacial score (nSPS) is 22.7. The van der Waals surface area contributed by atoms with E-state index in [-0.39, 0.29) is 12.2 Å². The van der Waals surface area contributed by atoms with Crippen LogP contribution >= 0.6 is 0 Å². The lowest BCUT2D eigenvalue weighted by Crippen LogP contribution is -2.41. The molecule has 0 saturated carbocycles. The Morgan fingerprint density at radius 1 is 1.23 bits per heavy atom. The largest absolute Gasteiger partial charge is 0.494 e. The van der Waals surface area contributed by atoms with Crippen molar-refractivity contribution in [3.63, 3.8) is 0 Å². The highest BCUT2D eigenvalue weighted by atomic mass is 16.7. The highest BCUT2D eigenvalue weighted by Gasteiger charge is 2.51. The molecule has 3 rings (SSSR count). The Balaban J connectivity index is 1.67. The van der Waals surface area contributed by atoms with E-state index in [4.69, 9.17) is 18.8 Å². The van der Waals surface area contributed by atoms with E-state index in [1.807, 2.05) is 54.5 Å². The molecular weight excluding hydrogens is 383 g/mol. The molecule has 8 heteroatoms. The molecule has 2 heterocycles. The van der Waals surface area contributed by atoms with Crippen molar-refractivity contribution in [2.45, 2.75) is 77.8 Å². The molecule has 2 aliphatic heterocycles. The molecule has 0 spiro atoms. The minimum atomic E-state index is -0.537. The van der Waals surface area contributed by atoms with Crippen molar-refractivity contribution in [1.29, 1.82) is 5.26 Å². The van der Waals surface area contributed by atoms with E-state index in [2.05, 4.69) is 6.07 Å². The van der Waals surface area contributed by atoms with Gasteiger partial charge in [-0.25, -0.2) is 4.79 Å². The summed E-state index contributed by atoms with van der Waals surface area (Å²) in [5.74, 6) is 0.494. The average molecular weight is 414 g/mol. The van der Waals surface area contributed by atoms with Crippen LogP contribution in [-0.4, -0.2) is 54.1 Å². The molecule has 0 aliphatic carbocycles. The summed E-state index contributed by atoms with van der Waals surface area (Å²) in [5, 5.41) is 9.64. The molecule has 2 aliphatic rings. The number of nitriles is 1. The van der Waals surface area contributed by atoms with Gasteiger partial charge in [-0.05, 0) is 66.1 Å². The lowest BCUT2D eigenvalue weighted by Gasteiger charge is -2.32. The highest BCUT2D eigenvalue weighted by Crippen LogP contribution is 2.36. The van der Waals surface area contributed by atoms with Gasteiger partial charge >= 0.3 is 13.2 Å². The van der Waals surface area contributed by atoms with Gasteiger partial charge in [0.1, 0.15) is 23.5 Å². The lowest BCUT2D eigenvalue weighted by atomic mass is 9.78. The molecule has 2 saturated heterocycles. The van der Waals surface area contributed by atoms with Crippen LogP contribution in [0.3, 0.4) is 0 Å². The summed E-state index contributed by atoms with van der Waals surface area (Å²) in [5.41, 5.74) is -0.242. The Hall–Kier alpha value is -2.24. The number of nitrogens with zero attached hydrogens (tertiary/aromatic N) is 2. The van der Waals surface area contributed by atoms with E-state index in [0.29, 0.717) is 30.8 Å². The summed E-state index contributed by atoms with van der Waals surface area (Å²) in [6.45, 7) is 14.5. The average Bonchev–Trinajstić information content (AvgIpc) is 3.16. The third kappa shape index (κ3) is 4.74. The van der Waals surface area contributed by atoms with Crippen LogP contribution in [-0.2, 0) is 14.0 Å². The molecule has 162 valence electrons. The van der Waals surface area contributed by atoms with Crippen LogP contribution < -0.4 is 10.2 Å². The number of ether oxygens (including phenoxy) is 2. The smallest absolute Gasteiger partial charge is 0.487 e. The lowest BCUT2D eigenvalue weighted by molar-refractivity contribution is 0.00578. The zero-order valence-electron chi connectivity index (χ0n) is 18.9. The number of likely N-dealkylation sites (tertiary alicyclic amines) is 1. The predicted molar refractivity (Wildman–Crippen MR) is 114 cm³/mol. The Bertz CT molecular complexity index is 840. The summed E-state index contributed by atoms with van der Waals surface area (Å²) in [6.07, 6.45) is 0.154. The first-order chi connectivity index (χ1) is 13.8. The minimum absolute atomic E-state index is 0.188. The molecule has 0 N–H and O–H groups in total. The first-order valence-corrected chi connectivity index (χ1v) is 10.4. The number of hydrogen-bond acceptors (Lipinski definition) is 6. The Morgan fingerprint density at radius 2 is 1.87 bits per heavy atom. The zero-order valence-corrected chi connectivity index (χ0v) is 18.9. The van der Waals surface area contributed by atoms with Gasteiger partial charge in [0.2, 0.25) is 0 Å². The van der Waals surface area contributed by atoms with Gasteiger partial charge in [0.15, 0.2) is 0 Å². The van der Waals surface area contributed by atoms with E-state index >= 15 is 0 Å². The van der Waals surface area contributed by atoms with E-state index in [9.17, 15) is 10.1 Å². The van der Waals surface area contributed by atoms with Crippen LogP contribution in [0.15, 0.2) is 18.2 Å².